The fraction of sp³-hybridized carbons (Fsp3) is 0.923. The van der Waals surface area contributed by atoms with Crippen molar-refractivity contribution in [2.75, 3.05) is 46.3 Å². The van der Waals surface area contributed by atoms with Crippen LogP contribution in [0.5, 0.6) is 0 Å². The van der Waals surface area contributed by atoms with Crippen LogP contribution in [-0.2, 0) is 4.79 Å². The molecular weight excluding hydrogens is 214 g/mol. The van der Waals surface area contributed by atoms with Crippen LogP contribution in [0.3, 0.4) is 0 Å². The van der Waals surface area contributed by atoms with Crippen molar-refractivity contribution >= 4 is 5.91 Å². The molecule has 0 unspecified atom stereocenters. The molecule has 0 bridgehead atoms. The lowest BCUT2D eigenvalue weighted by molar-refractivity contribution is -0.130. The second kappa shape index (κ2) is 6.97. The van der Waals surface area contributed by atoms with Crippen LogP contribution in [0.4, 0.5) is 0 Å². The lowest BCUT2D eigenvalue weighted by atomic mass is 10.2. The van der Waals surface area contributed by atoms with Crippen LogP contribution in [0.2, 0.25) is 0 Å². The maximum Gasteiger partial charge on any atom is 0.219 e. The molecule has 1 amide bonds. The van der Waals surface area contributed by atoms with Crippen LogP contribution >= 0.6 is 0 Å². The monoisotopic (exact) mass is 241 g/mol. The highest BCUT2D eigenvalue weighted by molar-refractivity contribution is 5.73. The van der Waals surface area contributed by atoms with E-state index in [0.29, 0.717) is 6.04 Å². The topological polar surface area (TPSA) is 26.8 Å². The molecule has 1 fully saturated rings. The molecule has 0 aliphatic carbocycles. The summed E-state index contributed by atoms with van der Waals surface area (Å²) in [6, 6.07) is 0.629. The van der Waals surface area contributed by atoms with Gasteiger partial charge in [0.15, 0.2) is 0 Å². The van der Waals surface area contributed by atoms with E-state index in [-0.39, 0.29) is 5.91 Å². The molecule has 1 heterocycles. The summed E-state index contributed by atoms with van der Waals surface area (Å²) in [5.41, 5.74) is 0. The molecule has 4 nitrogen and oxygen atoms in total. The van der Waals surface area contributed by atoms with Crippen molar-refractivity contribution < 1.29 is 4.79 Å². The standard InChI is InChI=1S/C13H27N3O/c1-12(2)14(4)6-5-7-15-8-10-16(11-9-15)13(3)17/h12H,5-11H2,1-4H3. The molecule has 0 spiro atoms. The van der Waals surface area contributed by atoms with Crippen LogP contribution in [0.1, 0.15) is 27.2 Å². The summed E-state index contributed by atoms with van der Waals surface area (Å²) in [6.45, 7) is 12.3. The summed E-state index contributed by atoms with van der Waals surface area (Å²) in [5, 5.41) is 0. The second-order valence-electron chi connectivity index (χ2n) is 5.28. The zero-order chi connectivity index (χ0) is 12.8. The van der Waals surface area contributed by atoms with E-state index in [1.807, 2.05) is 4.90 Å². The molecule has 1 aliphatic heterocycles. The Morgan fingerprint density at radius 3 is 2.29 bits per heavy atom. The van der Waals surface area contributed by atoms with Gasteiger partial charge in [0, 0.05) is 39.1 Å². The van der Waals surface area contributed by atoms with E-state index in [0.717, 1.165) is 39.3 Å². The minimum absolute atomic E-state index is 0.212. The molecule has 4 heteroatoms. The largest absolute Gasteiger partial charge is 0.340 e. The Bertz CT molecular complexity index is 235. The molecule has 1 saturated heterocycles. The minimum Gasteiger partial charge on any atom is -0.340 e. The van der Waals surface area contributed by atoms with Crippen molar-refractivity contribution in [2.24, 2.45) is 0 Å². The summed E-state index contributed by atoms with van der Waals surface area (Å²) >= 11 is 0. The molecule has 0 saturated carbocycles. The maximum atomic E-state index is 11.2. The van der Waals surface area contributed by atoms with E-state index in [4.69, 9.17) is 0 Å². The molecule has 0 aromatic rings. The summed E-state index contributed by atoms with van der Waals surface area (Å²) in [6.07, 6.45) is 1.22. The van der Waals surface area contributed by atoms with Gasteiger partial charge in [0.05, 0.1) is 0 Å². The molecule has 100 valence electrons. The summed E-state index contributed by atoms with van der Waals surface area (Å²) < 4.78 is 0. The van der Waals surface area contributed by atoms with E-state index < -0.39 is 0 Å². The summed E-state index contributed by atoms with van der Waals surface area (Å²) in [4.78, 5) is 18.0. The highest BCUT2D eigenvalue weighted by Gasteiger charge is 2.17. The molecule has 0 N–H and O–H groups in total. The van der Waals surface area contributed by atoms with Crippen molar-refractivity contribution in [3.05, 3.63) is 0 Å². The SMILES string of the molecule is CC(=O)N1CCN(CCCN(C)C(C)C)CC1. The number of hydrogen-bond donors (Lipinski definition) is 0. The van der Waals surface area contributed by atoms with Gasteiger partial charge >= 0.3 is 0 Å². The first-order chi connectivity index (χ1) is 8.00. The Morgan fingerprint density at radius 1 is 1.24 bits per heavy atom. The summed E-state index contributed by atoms with van der Waals surface area (Å²) in [5.74, 6) is 0.212. The molecule has 0 atom stereocenters. The fourth-order valence-electron chi connectivity index (χ4n) is 2.09. The molecule has 0 aromatic heterocycles. The van der Waals surface area contributed by atoms with Gasteiger partial charge in [-0.3, -0.25) is 9.69 Å². The van der Waals surface area contributed by atoms with E-state index >= 15 is 0 Å². The number of hydrogen-bond acceptors (Lipinski definition) is 3. The van der Waals surface area contributed by atoms with Crippen molar-refractivity contribution in [1.82, 2.24) is 14.7 Å². The van der Waals surface area contributed by atoms with Crippen molar-refractivity contribution in [3.8, 4) is 0 Å². The molecule has 1 aliphatic rings. The first-order valence-electron chi connectivity index (χ1n) is 6.69. The summed E-state index contributed by atoms with van der Waals surface area (Å²) in [7, 11) is 2.18. The molecule has 17 heavy (non-hydrogen) atoms. The molecule has 0 aromatic carbocycles. The molecular formula is C13H27N3O. The molecule has 1 rings (SSSR count). The normalized spacial score (nSPS) is 18.1. The van der Waals surface area contributed by atoms with Gasteiger partial charge in [-0.2, -0.15) is 0 Å². The van der Waals surface area contributed by atoms with Gasteiger partial charge in [-0.1, -0.05) is 0 Å². The Kier molecular flexibility index (Phi) is 5.92. The number of rotatable bonds is 5. The van der Waals surface area contributed by atoms with Crippen molar-refractivity contribution in [2.45, 2.75) is 33.2 Å². The van der Waals surface area contributed by atoms with Crippen LogP contribution in [0.15, 0.2) is 0 Å². The van der Waals surface area contributed by atoms with Crippen molar-refractivity contribution in [3.63, 3.8) is 0 Å². The quantitative estimate of drug-likeness (QED) is 0.715. The van der Waals surface area contributed by atoms with E-state index in [9.17, 15) is 4.79 Å². The zero-order valence-electron chi connectivity index (χ0n) is 11.8. The predicted octanol–water partition coefficient (Wildman–Crippen LogP) is 0.881. The third-order valence-corrected chi connectivity index (χ3v) is 3.68. The van der Waals surface area contributed by atoms with Crippen LogP contribution in [0, 0.1) is 0 Å². The lowest BCUT2D eigenvalue weighted by Crippen LogP contribution is -2.48. The van der Waals surface area contributed by atoms with E-state index in [2.05, 4.69) is 30.7 Å². The maximum absolute atomic E-state index is 11.2. The number of carbonyl (C=O) groups is 1. The Labute approximate surface area is 106 Å². The third-order valence-electron chi connectivity index (χ3n) is 3.68. The zero-order valence-corrected chi connectivity index (χ0v) is 11.8. The van der Waals surface area contributed by atoms with Gasteiger partial charge in [-0.25, -0.2) is 0 Å². The fourth-order valence-corrected chi connectivity index (χ4v) is 2.09. The first-order valence-corrected chi connectivity index (χ1v) is 6.69. The Balaban J connectivity index is 2.12. The first kappa shape index (κ1) is 14.5. The minimum atomic E-state index is 0.212. The highest BCUT2D eigenvalue weighted by atomic mass is 16.2. The number of carbonyl (C=O) groups excluding carboxylic acids is 1. The molecule has 0 radical (unpaired) electrons. The highest BCUT2D eigenvalue weighted by Crippen LogP contribution is 2.03. The van der Waals surface area contributed by atoms with Gasteiger partial charge in [-0.05, 0) is 40.4 Å². The number of nitrogens with zero attached hydrogens (tertiary/aromatic N) is 3. The van der Waals surface area contributed by atoms with Gasteiger partial charge in [0.2, 0.25) is 5.91 Å². The Hall–Kier alpha value is -0.610. The van der Waals surface area contributed by atoms with Gasteiger partial charge in [0.25, 0.3) is 0 Å². The second-order valence-corrected chi connectivity index (χ2v) is 5.28. The lowest BCUT2D eigenvalue weighted by Gasteiger charge is -2.34. The van der Waals surface area contributed by atoms with Crippen LogP contribution in [-0.4, -0.2) is 73.0 Å². The van der Waals surface area contributed by atoms with Gasteiger partial charge < -0.3 is 9.80 Å². The van der Waals surface area contributed by atoms with Crippen LogP contribution < -0.4 is 0 Å². The smallest absolute Gasteiger partial charge is 0.219 e. The average Bonchev–Trinajstić information content (AvgIpc) is 2.29. The Morgan fingerprint density at radius 2 is 1.82 bits per heavy atom. The number of amides is 1. The number of piperazine rings is 1. The van der Waals surface area contributed by atoms with Gasteiger partial charge in [0.1, 0.15) is 0 Å². The van der Waals surface area contributed by atoms with E-state index in [1.54, 1.807) is 6.92 Å². The van der Waals surface area contributed by atoms with Gasteiger partial charge in [-0.15, -0.1) is 0 Å². The third kappa shape index (κ3) is 5.04. The van der Waals surface area contributed by atoms with Crippen molar-refractivity contribution in [1.29, 1.82) is 0 Å². The predicted molar refractivity (Wildman–Crippen MR) is 71.1 cm³/mol. The van der Waals surface area contributed by atoms with E-state index in [1.165, 1.54) is 6.42 Å². The average molecular weight is 241 g/mol. The van der Waals surface area contributed by atoms with Crippen LogP contribution in [0.25, 0.3) is 0 Å².